The first-order chi connectivity index (χ1) is 11.4. The predicted octanol–water partition coefficient (Wildman–Crippen LogP) is 1.91. The SMILES string of the molecule is Cc1cc(C)cc(N2CCC(C(=O)NC3CCNC(C)C3)C2=O)c1. The second-order valence-electron chi connectivity index (χ2n) is 7.26. The van der Waals surface area contributed by atoms with E-state index < -0.39 is 5.92 Å². The van der Waals surface area contributed by atoms with Gasteiger partial charge in [-0.25, -0.2) is 0 Å². The topological polar surface area (TPSA) is 61.4 Å². The van der Waals surface area contributed by atoms with E-state index in [-0.39, 0.29) is 17.9 Å². The molecule has 2 amide bonds. The summed E-state index contributed by atoms with van der Waals surface area (Å²) in [6.45, 7) is 7.71. The molecular formula is C19H27N3O2. The highest BCUT2D eigenvalue weighted by molar-refractivity contribution is 6.09. The number of carbonyl (C=O) groups is 2. The molecule has 1 aromatic carbocycles. The van der Waals surface area contributed by atoms with E-state index in [1.54, 1.807) is 4.90 Å². The van der Waals surface area contributed by atoms with E-state index >= 15 is 0 Å². The van der Waals surface area contributed by atoms with Crippen molar-refractivity contribution < 1.29 is 9.59 Å². The van der Waals surface area contributed by atoms with E-state index in [4.69, 9.17) is 0 Å². The fourth-order valence-electron chi connectivity index (χ4n) is 3.85. The fourth-order valence-corrected chi connectivity index (χ4v) is 3.85. The maximum atomic E-state index is 12.7. The number of hydrogen-bond acceptors (Lipinski definition) is 3. The Hall–Kier alpha value is -1.88. The largest absolute Gasteiger partial charge is 0.353 e. The van der Waals surface area contributed by atoms with Gasteiger partial charge < -0.3 is 15.5 Å². The number of rotatable bonds is 3. The Morgan fingerprint density at radius 2 is 1.92 bits per heavy atom. The van der Waals surface area contributed by atoms with Gasteiger partial charge in [-0.15, -0.1) is 0 Å². The van der Waals surface area contributed by atoms with Crippen LogP contribution in [-0.4, -0.2) is 37.0 Å². The summed E-state index contributed by atoms with van der Waals surface area (Å²) in [5, 5.41) is 6.47. The highest BCUT2D eigenvalue weighted by Crippen LogP contribution is 2.27. The lowest BCUT2D eigenvalue weighted by atomic mass is 9.99. The van der Waals surface area contributed by atoms with Gasteiger partial charge in [-0.1, -0.05) is 6.07 Å². The monoisotopic (exact) mass is 329 g/mol. The minimum atomic E-state index is -0.545. The van der Waals surface area contributed by atoms with Crippen molar-refractivity contribution in [1.82, 2.24) is 10.6 Å². The van der Waals surface area contributed by atoms with Crippen molar-refractivity contribution in [1.29, 1.82) is 0 Å². The van der Waals surface area contributed by atoms with Crippen molar-refractivity contribution in [3.63, 3.8) is 0 Å². The summed E-state index contributed by atoms with van der Waals surface area (Å²) in [7, 11) is 0. The summed E-state index contributed by atoms with van der Waals surface area (Å²) in [4.78, 5) is 27.1. The van der Waals surface area contributed by atoms with Crippen LogP contribution in [0.4, 0.5) is 5.69 Å². The third kappa shape index (κ3) is 3.61. The molecule has 2 aliphatic heterocycles. The first kappa shape index (κ1) is 17.0. The van der Waals surface area contributed by atoms with Gasteiger partial charge in [-0.05, 0) is 69.8 Å². The molecular weight excluding hydrogens is 302 g/mol. The molecule has 3 rings (SSSR count). The summed E-state index contributed by atoms with van der Waals surface area (Å²) in [5.74, 6) is -0.721. The first-order valence-corrected chi connectivity index (χ1v) is 8.87. The number of aryl methyl sites for hydroxylation is 2. The fraction of sp³-hybridized carbons (Fsp3) is 0.579. The molecule has 1 aromatic rings. The lowest BCUT2D eigenvalue weighted by Crippen LogP contribution is -2.49. The van der Waals surface area contributed by atoms with Gasteiger partial charge >= 0.3 is 0 Å². The Labute approximate surface area is 143 Å². The molecule has 24 heavy (non-hydrogen) atoms. The van der Waals surface area contributed by atoms with E-state index in [0.717, 1.165) is 36.2 Å². The van der Waals surface area contributed by atoms with Crippen LogP contribution in [0.5, 0.6) is 0 Å². The number of carbonyl (C=O) groups excluding carboxylic acids is 2. The highest BCUT2D eigenvalue weighted by Gasteiger charge is 2.38. The van der Waals surface area contributed by atoms with Crippen molar-refractivity contribution >= 4 is 17.5 Å². The van der Waals surface area contributed by atoms with Crippen LogP contribution < -0.4 is 15.5 Å². The summed E-state index contributed by atoms with van der Waals surface area (Å²) in [6.07, 6.45) is 2.45. The molecule has 0 aliphatic carbocycles. The summed E-state index contributed by atoms with van der Waals surface area (Å²) in [6, 6.07) is 6.71. The Balaban J connectivity index is 1.66. The highest BCUT2D eigenvalue weighted by atomic mass is 16.2. The third-order valence-electron chi connectivity index (χ3n) is 5.01. The summed E-state index contributed by atoms with van der Waals surface area (Å²) in [5.41, 5.74) is 3.17. The molecule has 0 spiro atoms. The molecule has 0 bridgehead atoms. The number of benzene rings is 1. The number of amides is 2. The zero-order chi connectivity index (χ0) is 17.3. The molecule has 3 unspecified atom stereocenters. The molecule has 2 fully saturated rings. The second kappa shape index (κ2) is 6.93. The van der Waals surface area contributed by atoms with Gasteiger partial charge in [0.05, 0.1) is 0 Å². The molecule has 0 radical (unpaired) electrons. The predicted molar refractivity (Wildman–Crippen MR) is 95.0 cm³/mol. The average molecular weight is 329 g/mol. The Bertz CT molecular complexity index is 623. The van der Waals surface area contributed by atoms with Gasteiger partial charge in [0, 0.05) is 24.3 Å². The Kier molecular flexibility index (Phi) is 4.90. The van der Waals surface area contributed by atoms with Crippen LogP contribution in [0.15, 0.2) is 18.2 Å². The van der Waals surface area contributed by atoms with Crippen molar-refractivity contribution in [2.45, 2.75) is 52.1 Å². The van der Waals surface area contributed by atoms with Crippen molar-refractivity contribution in [3.05, 3.63) is 29.3 Å². The van der Waals surface area contributed by atoms with Gasteiger partial charge in [0.15, 0.2) is 0 Å². The molecule has 2 heterocycles. The van der Waals surface area contributed by atoms with Crippen LogP contribution in [0, 0.1) is 19.8 Å². The molecule has 5 nitrogen and oxygen atoms in total. The maximum Gasteiger partial charge on any atom is 0.239 e. The standard InChI is InChI=1S/C19H27N3O2/c1-12-8-13(2)10-16(9-12)22-7-5-17(19(22)24)18(23)21-15-4-6-20-14(3)11-15/h8-10,14-15,17,20H,4-7,11H2,1-3H3,(H,21,23). The average Bonchev–Trinajstić information content (AvgIpc) is 2.88. The summed E-state index contributed by atoms with van der Waals surface area (Å²) < 4.78 is 0. The van der Waals surface area contributed by atoms with Gasteiger partial charge in [0.1, 0.15) is 5.92 Å². The molecule has 3 atom stereocenters. The first-order valence-electron chi connectivity index (χ1n) is 8.87. The second-order valence-corrected chi connectivity index (χ2v) is 7.26. The lowest BCUT2D eigenvalue weighted by Gasteiger charge is -2.29. The van der Waals surface area contributed by atoms with Crippen LogP contribution >= 0.6 is 0 Å². The molecule has 5 heteroatoms. The van der Waals surface area contributed by atoms with Crippen LogP contribution in [0.2, 0.25) is 0 Å². The summed E-state index contributed by atoms with van der Waals surface area (Å²) >= 11 is 0. The van der Waals surface area contributed by atoms with Gasteiger partial charge in [-0.3, -0.25) is 9.59 Å². The van der Waals surface area contributed by atoms with Crippen LogP contribution in [0.1, 0.15) is 37.3 Å². The maximum absolute atomic E-state index is 12.7. The molecule has 0 aromatic heterocycles. The number of piperidine rings is 1. The van der Waals surface area contributed by atoms with E-state index in [1.807, 2.05) is 26.0 Å². The van der Waals surface area contributed by atoms with Crippen LogP contribution in [0.25, 0.3) is 0 Å². The van der Waals surface area contributed by atoms with Gasteiger partial charge in [0.2, 0.25) is 11.8 Å². The quantitative estimate of drug-likeness (QED) is 0.833. The normalized spacial score (nSPS) is 27.4. The number of nitrogens with zero attached hydrogens (tertiary/aromatic N) is 1. The third-order valence-corrected chi connectivity index (χ3v) is 5.01. The van der Waals surface area contributed by atoms with Crippen LogP contribution in [0.3, 0.4) is 0 Å². The van der Waals surface area contributed by atoms with Gasteiger partial charge in [0.25, 0.3) is 0 Å². The minimum absolute atomic E-state index is 0.0699. The van der Waals surface area contributed by atoms with Crippen LogP contribution in [-0.2, 0) is 9.59 Å². The Morgan fingerprint density at radius 1 is 1.21 bits per heavy atom. The molecule has 2 N–H and O–H groups in total. The zero-order valence-electron chi connectivity index (χ0n) is 14.8. The number of anilines is 1. The molecule has 130 valence electrons. The number of hydrogen-bond donors (Lipinski definition) is 2. The van der Waals surface area contributed by atoms with E-state index in [9.17, 15) is 9.59 Å². The zero-order valence-corrected chi connectivity index (χ0v) is 14.8. The van der Waals surface area contributed by atoms with E-state index in [1.165, 1.54) is 0 Å². The molecule has 2 aliphatic rings. The van der Waals surface area contributed by atoms with E-state index in [2.05, 4.69) is 23.6 Å². The van der Waals surface area contributed by atoms with E-state index in [0.29, 0.717) is 19.0 Å². The lowest BCUT2D eigenvalue weighted by molar-refractivity contribution is -0.132. The minimum Gasteiger partial charge on any atom is -0.353 e. The smallest absolute Gasteiger partial charge is 0.239 e. The molecule has 0 saturated carbocycles. The van der Waals surface area contributed by atoms with Gasteiger partial charge in [-0.2, -0.15) is 0 Å². The van der Waals surface area contributed by atoms with Crippen molar-refractivity contribution in [2.75, 3.05) is 18.0 Å². The van der Waals surface area contributed by atoms with Crippen molar-refractivity contribution in [3.8, 4) is 0 Å². The Morgan fingerprint density at radius 3 is 2.58 bits per heavy atom. The van der Waals surface area contributed by atoms with Crippen molar-refractivity contribution in [2.24, 2.45) is 5.92 Å². The number of nitrogens with one attached hydrogen (secondary N) is 2. The molecule has 2 saturated heterocycles.